The number of methoxy groups -OCH3 is 1. The molecule has 0 fully saturated rings. The van der Waals surface area contributed by atoms with Gasteiger partial charge < -0.3 is 25.4 Å². The third-order valence-electron chi connectivity index (χ3n) is 8.57. The van der Waals surface area contributed by atoms with Crippen molar-refractivity contribution in [2.24, 2.45) is 5.73 Å². The van der Waals surface area contributed by atoms with Gasteiger partial charge in [0.05, 0.1) is 25.4 Å². The molecule has 2 amide bonds. The number of para-hydroxylation sites is 2. The molecule has 0 aromatic heterocycles. The van der Waals surface area contributed by atoms with Crippen molar-refractivity contribution in [1.29, 1.82) is 0 Å². The molecule has 1 atom stereocenters. The highest BCUT2D eigenvalue weighted by molar-refractivity contribution is 5.96. The fourth-order valence-electron chi connectivity index (χ4n) is 6.03. The van der Waals surface area contributed by atoms with Crippen LogP contribution in [0.3, 0.4) is 0 Å². The molecule has 238 valence electrons. The van der Waals surface area contributed by atoms with Gasteiger partial charge in [-0.1, -0.05) is 84.9 Å². The summed E-state index contributed by atoms with van der Waals surface area (Å²) in [5, 5.41) is 3.15. The molecule has 47 heavy (non-hydrogen) atoms. The van der Waals surface area contributed by atoms with Gasteiger partial charge in [-0.15, -0.1) is 0 Å². The number of hydrogen-bond acceptors (Lipinski definition) is 5. The summed E-state index contributed by atoms with van der Waals surface area (Å²) >= 11 is 0. The van der Waals surface area contributed by atoms with Crippen LogP contribution in [0.15, 0.2) is 121 Å². The van der Waals surface area contributed by atoms with E-state index in [4.69, 9.17) is 15.2 Å². The molecule has 7 nitrogen and oxygen atoms in total. The SMILES string of the molecule is COc1ccc(-c2ccc(CN(C(=O)CCC(=O)NC3CCc4ccccc43)c3ccccc3Oc3cccc(CN)c3)cc2)cc1. The summed E-state index contributed by atoms with van der Waals surface area (Å²) in [5.41, 5.74) is 12.9. The molecule has 1 unspecified atom stereocenters. The Balaban J connectivity index is 1.22. The van der Waals surface area contributed by atoms with Crippen molar-refractivity contribution in [3.8, 4) is 28.4 Å². The van der Waals surface area contributed by atoms with Gasteiger partial charge >= 0.3 is 0 Å². The van der Waals surface area contributed by atoms with Crippen LogP contribution in [0.25, 0.3) is 11.1 Å². The summed E-state index contributed by atoms with van der Waals surface area (Å²) in [7, 11) is 1.65. The highest BCUT2D eigenvalue weighted by atomic mass is 16.5. The molecule has 0 heterocycles. The second-order valence-corrected chi connectivity index (χ2v) is 11.7. The number of hydrogen-bond donors (Lipinski definition) is 2. The van der Waals surface area contributed by atoms with E-state index in [-0.39, 0.29) is 30.7 Å². The van der Waals surface area contributed by atoms with E-state index in [2.05, 4.69) is 17.4 Å². The lowest BCUT2D eigenvalue weighted by molar-refractivity contribution is -0.125. The van der Waals surface area contributed by atoms with Gasteiger partial charge in [-0.05, 0) is 82.6 Å². The van der Waals surface area contributed by atoms with Crippen LogP contribution in [0.4, 0.5) is 5.69 Å². The predicted molar refractivity (Wildman–Crippen MR) is 185 cm³/mol. The first-order valence-corrected chi connectivity index (χ1v) is 16.0. The number of benzene rings is 5. The fourth-order valence-corrected chi connectivity index (χ4v) is 6.03. The Hall–Kier alpha value is -5.40. The average Bonchev–Trinajstić information content (AvgIpc) is 3.52. The number of nitrogens with one attached hydrogen (secondary N) is 1. The van der Waals surface area contributed by atoms with E-state index in [0.717, 1.165) is 46.4 Å². The molecule has 3 N–H and O–H groups in total. The monoisotopic (exact) mass is 625 g/mol. The van der Waals surface area contributed by atoms with Gasteiger partial charge in [-0.25, -0.2) is 0 Å². The standard InChI is InChI=1S/C40H39N3O4/c1-46-33-20-17-31(18-21-33)30-15-13-28(14-16-30)27-43(37-11-4-5-12-38(37)47-34-9-6-7-29(25-34)26-41)40(45)24-23-39(44)42-36-22-19-32-8-2-3-10-35(32)36/h2-18,20-21,25,36H,19,22-24,26-27,41H2,1H3,(H,42,44). The Morgan fingerprint density at radius 2 is 1.51 bits per heavy atom. The minimum Gasteiger partial charge on any atom is -0.497 e. The zero-order valence-electron chi connectivity index (χ0n) is 26.5. The van der Waals surface area contributed by atoms with Gasteiger partial charge in [-0.3, -0.25) is 9.59 Å². The molecule has 5 aromatic rings. The Labute approximate surface area is 276 Å². The fraction of sp³-hybridized carbons (Fsp3) is 0.200. The molecule has 1 aliphatic rings. The smallest absolute Gasteiger partial charge is 0.227 e. The molecule has 1 aliphatic carbocycles. The highest BCUT2D eigenvalue weighted by Crippen LogP contribution is 2.35. The molecular formula is C40H39N3O4. The number of nitrogens with zero attached hydrogens (tertiary/aromatic N) is 1. The van der Waals surface area contributed by atoms with Gasteiger partial charge in [0.25, 0.3) is 0 Å². The molecule has 0 saturated carbocycles. The van der Waals surface area contributed by atoms with Gasteiger partial charge in [0.1, 0.15) is 11.5 Å². The van der Waals surface area contributed by atoms with Crippen LogP contribution in [0.1, 0.15) is 47.6 Å². The van der Waals surface area contributed by atoms with E-state index in [9.17, 15) is 9.59 Å². The summed E-state index contributed by atoms with van der Waals surface area (Å²) < 4.78 is 11.6. The number of aryl methyl sites for hydroxylation is 1. The Kier molecular flexibility index (Phi) is 9.94. The van der Waals surface area contributed by atoms with E-state index in [1.165, 1.54) is 5.56 Å². The molecule has 0 saturated heterocycles. The molecular weight excluding hydrogens is 586 g/mol. The minimum atomic E-state index is -0.169. The van der Waals surface area contributed by atoms with Crippen LogP contribution in [0.2, 0.25) is 0 Å². The van der Waals surface area contributed by atoms with Crippen molar-refractivity contribution in [3.05, 3.63) is 144 Å². The molecule has 6 rings (SSSR count). The molecule has 7 heteroatoms. The maximum absolute atomic E-state index is 14.0. The maximum atomic E-state index is 14.0. The van der Waals surface area contributed by atoms with Crippen LogP contribution in [0, 0.1) is 0 Å². The van der Waals surface area contributed by atoms with E-state index >= 15 is 0 Å². The van der Waals surface area contributed by atoms with Crippen LogP contribution >= 0.6 is 0 Å². The first-order valence-electron chi connectivity index (χ1n) is 16.0. The minimum absolute atomic E-state index is 0.0208. The lowest BCUT2D eigenvalue weighted by Gasteiger charge is -2.26. The number of fused-ring (bicyclic) bond motifs is 1. The quantitative estimate of drug-likeness (QED) is 0.148. The van der Waals surface area contributed by atoms with E-state index in [1.54, 1.807) is 12.0 Å². The van der Waals surface area contributed by atoms with Crippen molar-refractivity contribution in [1.82, 2.24) is 5.32 Å². The highest BCUT2D eigenvalue weighted by Gasteiger charge is 2.25. The van der Waals surface area contributed by atoms with E-state index in [1.807, 2.05) is 109 Å². The molecule has 0 bridgehead atoms. The predicted octanol–water partition coefficient (Wildman–Crippen LogP) is 7.73. The van der Waals surface area contributed by atoms with Gasteiger partial charge in [0, 0.05) is 19.4 Å². The van der Waals surface area contributed by atoms with Crippen LogP contribution in [-0.2, 0) is 29.1 Å². The van der Waals surface area contributed by atoms with Crippen molar-refractivity contribution in [2.45, 2.75) is 44.8 Å². The lowest BCUT2D eigenvalue weighted by Crippen LogP contribution is -2.33. The normalized spacial score (nSPS) is 13.4. The van der Waals surface area contributed by atoms with Crippen LogP contribution in [-0.4, -0.2) is 18.9 Å². The van der Waals surface area contributed by atoms with Crippen molar-refractivity contribution in [2.75, 3.05) is 12.0 Å². The first-order chi connectivity index (χ1) is 23.0. The third kappa shape index (κ3) is 7.71. The second-order valence-electron chi connectivity index (χ2n) is 11.7. The summed E-state index contributed by atoms with van der Waals surface area (Å²) in [6.45, 7) is 0.701. The third-order valence-corrected chi connectivity index (χ3v) is 8.57. The van der Waals surface area contributed by atoms with Gasteiger partial charge in [-0.2, -0.15) is 0 Å². The van der Waals surface area contributed by atoms with Crippen molar-refractivity contribution in [3.63, 3.8) is 0 Å². The van der Waals surface area contributed by atoms with E-state index < -0.39 is 0 Å². The van der Waals surface area contributed by atoms with Gasteiger partial charge in [0.2, 0.25) is 11.8 Å². The Morgan fingerprint density at radius 3 is 2.28 bits per heavy atom. The summed E-state index contributed by atoms with van der Waals surface area (Å²) in [4.78, 5) is 28.8. The van der Waals surface area contributed by atoms with Crippen molar-refractivity contribution < 1.29 is 19.1 Å². The zero-order chi connectivity index (χ0) is 32.6. The number of nitrogens with two attached hydrogens (primary N) is 1. The average molecular weight is 626 g/mol. The van der Waals surface area contributed by atoms with Gasteiger partial charge in [0.15, 0.2) is 5.75 Å². The molecule has 0 radical (unpaired) electrons. The largest absolute Gasteiger partial charge is 0.497 e. The summed E-state index contributed by atoms with van der Waals surface area (Å²) in [6.07, 6.45) is 1.96. The first kappa shape index (κ1) is 31.6. The lowest BCUT2D eigenvalue weighted by atomic mass is 10.0. The Morgan fingerprint density at radius 1 is 0.787 bits per heavy atom. The number of carbonyl (C=O) groups is 2. The summed E-state index contributed by atoms with van der Waals surface area (Å²) in [6, 6.07) is 39.3. The maximum Gasteiger partial charge on any atom is 0.227 e. The molecule has 5 aromatic carbocycles. The van der Waals surface area contributed by atoms with Crippen molar-refractivity contribution >= 4 is 17.5 Å². The summed E-state index contributed by atoms with van der Waals surface area (Å²) in [5.74, 6) is 1.67. The number of carbonyl (C=O) groups excluding carboxylic acids is 2. The van der Waals surface area contributed by atoms with Crippen LogP contribution < -0.4 is 25.4 Å². The second kappa shape index (κ2) is 14.8. The number of rotatable bonds is 12. The van der Waals surface area contributed by atoms with E-state index in [0.29, 0.717) is 30.3 Å². The zero-order valence-corrected chi connectivity index (χ0v) is 26.5. The number of amides is 2. The Bertz CT molecular complexity index is 1840. The van der Waals surface area contributed by atoms with Crippen LogP contribution in [0.5, 0.6) is 17.2 Å². The molecule has 0 aliphatic heterocycles. The molecule has 0 spiro atoms. The number of ether oxygens (including phenoxy) is 2. The number of anilines is 1. The topological polar surface area (TPSA) is 93.9 Å².